The normalized spacial score (nSPS) is 12.3. The lowest BCUT2D eigenvalue weighted by atomic mass is 10.4. The Balaban J connectivity index is 3.05. The smallest absolute Gasteiger partial charge is 0.254 e. The van der Waals surface area contributed by atoms with Crippen molar-refractivity contribution in [2.45, 2.75) is 11.4 Å². The van der Waals surface area contributed by atoms with E-state index in [1.54, 1.807) is 31.8 Å². The maximum atomic E-state index is 11.7. The molecule has 0 aromatic carbocycles. The van der Waals surface area contributed by atoms with Crippen molar-refractivity contribution in [2.75, 3.05) is 14.1 Å². The molecule has 7 heteroatoms. The number of aromatic nitrogens is 1. The first kappa shape index (κ1) is 12.2. The van der Waals surface area contributed by atoms with Crippen LogP contribution in [0.1, 0.15) is 5.69 Å². The van der Waals surface area contributed by atoms with Crippen LogP contribution in [0.5, 0.6) is 0 Å². The highest BCUT2D eigenvalue weighted by molar-refractivity contribution is 7.89. The fraction of sp³-hybridized carbons (Fsp3) is 0.500. The van der Waals surface area contributed by atoms with E-state index in [0.29, 0.717) is 6.54 Å². The average molecular weight is 232 g/mol. The molecule has 0 aliphatic rings. The number of sulfonamides is 1. The van der Waals surface area contributed by atoms with Crippen LogP contribution >= 0.6 is 0 Å². The van der Waals surface area contributed by atoms with Gasteiger partial charge in [0.1, 0.15) is 4.90 Å². The Morgan fingerprint density at radius 1 is 1.53 bits per heavy atom. The lowest BCUT2D eigenvalue weighted by Gasteiger charge is -2.10. The van der Waals surface area contributed by atoms with E-state index in [1.165, 1.54) is 11.2 Å². The highest BCUT2D eigenvalue weighted by atomic mass is 32.2. The van der Waals surface area contributed by atoms with Crippen molar-refractivity contribution in [3.8, 4) is 0 Å². The van der Waals surface area contributed by atoms with E-state index >= 15 is 0 Å². The number of rotatable bonds is 4. The molecule has 0 unspecified atom stereocenters. The number of nitrogens with two attached hydrogens (primary N) is 1. The van der Waals surface area contributed by atoms with E-state index in [0.717, 1.165) is 5.69 Å². The SMILES string of the molecule is CN(C)NS(=O)(=O)c1cc(CN)n(C)c1. The zero-order chi connectivity index (χ0) is 11.6. The van der Waals surface area contributed by atoms with Gasteiger partial charge in [0.2, 0.25) is 0 Å². The molecule has 0 fully saturated rings. The zero-order valence-electron chi connectivity index (χ0n) is 9.06. The van der Waals surface area contributed by atoms with E-state index in [4.69, 9.17) is 5.73 Å². The van der Waals surface area contributed by atoms with Crippen LogP contribution in [-0.4, -0.2) is 32.1 Å². The maximum Gasteiger partial charge on any atom is 0.254 e. The molecule has 0 atom stereocenters. The Hall–Kier alpha value is -0.890. The third kappa shape index (κ3) is 2.78. The molecule has 0 aliphatic carbocycles. The van der Waals surface area contributed by atoms with Gasteiger partial charge in [-0.05, 0) is 6.07 Å². The van der Waals surface area contributed by atoms with E-state index in [2.05, 4.69) is 4.83 Å². The third-order valence-electron chi connectivity index (χ3n) is 1.90. The first-order valence-electron chi connectivity index (χ1n) is 4.42. The van der Waals surface area contributed by atoms with Gasteiger partial charge in [-0.3, -0.25) is 0 Å². The number of hydrogen-bond acceptors (Lipinski definition) is 4. The van der Waals surface area contributed by atoms with E-state index < -0.39 is 10.0 Å². The van der Waals surface area contributed by atoms with Gasteiger partial charge < -0.3 is 10.3 Å². The second kappa shape index (κ2) is 4.31. The number of nitrogens with zero attached hydrogens (tertiary/aromatic N) is 2. The van der Waals surface area contributed by atoms with Crippen molar-refractivity contribution in [2.24, 2.45) is 12.8 Å². The summed E-state index contributed by atoms with van der Waals surface area (Å²) < 4.78 is 25.1. The molecule has 0 bridgehead atoms. The van der Waals surface area contributed by atoms with Gasteiger partial charge in [0.05, 0.1) is 0 Å². The summed E-state index contributed by atoms with van der Waals surface area (Å²) in [5.41, 5.74) is 6.23. The Kier molecular flexibility index (Phi) is 3.50. The summed E-state index contributed by atoms with van der Waals surface area (Å²) in [5, 5.41) is 1.38. The number of nitrogens with one attached hydrogen (secondary N) is 1. The van der Waals surface area contributed by atoms with Crippen LogP contribution in [0.25, 0.3) is 0 Å². The maximum absolute atomic E-state index is 11.7. The minimum atomic E-state index is -3.47. The fourth-order valence-electron chi connectivity index (χ4n) is 1.22. The van der Waals surface area contributed by atoms with Crippen molar-refractivity contribution in [3.05, 3.63) is 18.0 Å². The first-order valence-corrected chi connectivity index (χ1v) is 5.90. The molecular weight excluding hydrogens is 216 g/mol. The van der Waals surface area contributed by atoms with E-state index in [1.807, 2.05) is 0 Å². The van der Waals surface area contributed by atoms with Gasteiger partial charge in [-0.1, -0.05) is 0 Å². The van der Waals surface area contributed by atoms with Gasteiger partial charge >= 0.3 is 0 Å². The number of aryl methyl sites for hydroxylation is 1. The molecule has 0 aliphatic heterocycles. The summed E-state index contributed by atoms with van der Waals surface area (Å²) in [6.07, 6.45) is 1.54. The van der Waals surface area contributed by atoms with E-state index in [-0.39, 0.29) is 4.90 Å². The molecule has 6 nitrogen and oxygen atoms in total. The summed E-state index contributed by atoms with van der Waals surface area (Å²) in [4.78, 5) is 2.57. The van der Waals surface area contributed by atoms with Crippen LogP contribution in [0, 0.1) is 0 Å². The van der Waals surface area contributed by atoms with Crippen molar-refractivity contribution in [1.29, 1.82) is 0 Å². The Labute approximate surface area is 89.7 Å². The molecule has 0 saturated carbocycles. The predicted molar refractivity (Wildman–Crippen MR) is 57.3 cm³/mol. The molecule has 86 valence electrons. The quantitative estimate of drug-likeness (QED) is 0.669. The van der Waals surface area contributed by atoms with Crippen molar-refractivity contribution >= 4 is 10.0 Å². The Bertz CT molecular complexity index is 435. The summed E-state index contributed by atoms with van der Waals surface area (Å²) in [5.74, 6) is 0. The molecule has 15 heavy (non-hydrogen) atoms. The molecule has 0 radical (unpaired) electrons. The van der Waals surface area contributed by atoms with Gasteiger partial charge in [-0.15, -0.1) is 4.83 Å². The molecule has 0 spiro atoms. The third-order valence-corrected chi connectivity index (χ3v) is 3.35. The molecule has 1 aromatic heterocycles. The molecule has 3 N–H and O–H groups in total. The molecule has 0 saturated heterocycles. The highest BCUT2D eigenvalue weighted by Crippen LogP contribution is 2.12. The highest BCUT2D eigenvalue weighted by Gasteiger charge is 2.17. The number of hydrogen-bond donors (Lipinski definition) is 2. The summed E-state index contributed by atoms with van der Waals surface area (Å²) >= 11 is 0. The Morgan fingerprint density at radius 2 is 2.13 bits per heavy atom. The minimum absolute atomic E-state index is 0.221. The van der Waals surface area contributed by atoms with Crippen molar-refractivity contribution in [1.82, 2.24) is 14.4 Å². The summed E-state index contributed by atoms with van der Waals surface area (Å²) in [6, 6.07) is 1.56. The zero-order valence-corrected chi connectivity index (χ0v) is 9.87. The van der Waals surface area contributed by atoms with Gasteiger partial charge in [-0.2, -0.15) is 0 Å². The van der Waals surface area contributed by atoms with Gasteiger partial charge in [0.15, 0.2) is 0 Å². The number of hydrazine groups is 1. The van der Waals surface area contributed by atoms with Crippen molar-refractivity contribution in [3.63, 3.8) is 0 Å². The Morgan fingerprint density at radius 3 is 2.53 bits per heavy atom. The summed E-state index contributed by atoms with van der Waals surface area (Å²) in [7, 11) is 1.52. The molecule has 0 amide bonds. The topological polar surface area (TPSA) is 80.4 Å². The monoisotopic (exact) mass is 232 g/mol. The average Bonchev–Trinajstić information content (AvgIpc) is 2.45. The van der Waals surface area contributed by atoms with Crippen molar-refractivity contribution < 1.29 is 8.42 Å². The van der Waals surface area contributed by atoms with E-state index in [9.17, 15) is 8.42 Å². The first-order chi connectivity index (χ1) is 6.86. The van der Waals surface area contributed by atoms with Crippen LogP contribution in [0.3, 0.4) is 0 Å². The van der Waals surface area contributed by atoms with Crippen LogP contribution in [0.15, 0.2) is 17.2 Å². The predicted octanol–water partition coefficient (Wildman–Crippen LogP) is -0.761. The largest absolute Gasteiger partial charge is 0.352 e. The van der Waals surface area contributed by atoms with Gasteiger partial charge in [0.25, 0.3) is 10.0 Å². The molecule has 1 heterocycles. The molecule has 1 aromatic rings. The second-order valence-corrected chi connectivity index (χ2v) is 5.13. The summed E-state index contributed by atoms with van der Waals surface area (Å²) in [6.45, 7) is 0.313. The molecule has 1 rings (SSSR count). The lowest BCUT2D eigenvalue weighted by Crippen LogP contribution is -2.35. The standard InChI is InChI=1S/C8H16N4O2S/c1-11(2)10-15(13,14)8-4-7(5-9)12(3)6-8/h4,6,10H,5,9H2,1-3H3. The second-order valence-electron chi connectivity index (χ2n) is 3.47. The van der Waals surface area contributed by atoms with Gasteiger partial charge in [-0.25, -0.2) is 13.4 Å². The lowest BCUT2D eigenvalue weighted by molar-refractivity contribution is 0.364. The van der Waals surface area contributed by atoms with Gasteiger partial charge in [0, 0.05) is 39.6 Å². The molecular formula is C8H16N4O2S. The van der Waals surface area contributed by atoms with Crippen LogP contribution in [0.2, 0.25) is 0 Å². The van der Waals surface area contributed by atoms with Crippen LogP contribution in [-0.2, 0) is 23.6 Å². The minimum Gasteiger partial charge on any atom is -0.352 e. The fourth-order valence-corrected chi connectivity index (χ4v) is 2.39. The van der Waals surface area contributed by atoms with Crippen LogP contribution in [0.4, 0.5) is 0 Å². The van der Waals surface area contributed by atoms with Crippen LogP contribution < -0.4 is 10.6 Å².